The normalized spacial score (nSPS) is 16.3. The van der Waals surface area contributed by atoms with Crippen LogP contribution in [0.2, 0.25) is 5.02 Å². The van der Waals surface area contributed by atoms with Crippen molar-refractivity contribution in [2.45, 2.75) is 51.5 Å². The van der Waals surface area contributed by atoms with Gasteiger partial charge in [-0.05, 0) is 43.5 Å². The highest BCUT2D eigenvalue weighted by molar-refractivity contribution is 6.31. The van der Waals surface area contributed by atoms with E-state index in [1.165, 1.54) is 19.3 Å². The van der Waals surface area contributed by atoms with Crippen molar-refractivity contribution in [1.29, 1.82) is 0 Å². The minimum atomic E-state index is 0.117. The Morgan fingerprint density at radius 2 is 2.10 bits per heavy atom. The van der Waals surface area contributed by atoms with Crippen molar-refractivity contribution in [2.24, 2.45) is 0 Å². The number of aromatic amines is 1. The minimum absolute atomic E-state index is 0.117. The van der Waals surface area contributed by atoms with E-state index in [1.807, 2.05) is 25.1 Å². The molecule has 0 saturated heterocycles. The fourth-order valence-corrected chi connectivity index (χ4v) is 3.44. The van der Waals surface area contributed by atoms with E-state index in [9.17, 15) is 4.79 Å². The molecule has 2 aromatic rings. The molecule has 1 amide bonds. The van der Waals surface area contributed by atoms with Crippen LogP contribution in [0.25, 0.3) is 10.9 Å². The summed E-state index contributed by atoms with van der Waals surface area (Å²) in [4.78, 5) is 15.6. The molecule has 4 heteroatoms. The number of nitrogens with one attached hydrogen (secondary N) is 2. The van der Waals surface area contributed by atoms with Crippen molar-refractivity contribution in [1.82, 2.24) is 10.3 Å². The SMILES string of the molecule is Cc1[nH]c2ccc(Cl)cc2c1CC(=O)NC1CCCCC1. The summed E-state index contributed by atoms with van der Waals surface area (Å²) < 4.78 is 0. The van der Waals surface area contributed by atoms with Crippen molar-refractivity contribution in [3.8, 4) is 0 Å². The first-order chi connectivity index (χ1) is 10.1. The highest BCUT2D eigenvalue weighted by atomic mass is 35.5. The first kappa shape index (κ1) is 14.5. The van der Waals surface area contributed by atoms with Crippen molar-refractivity contribution in [3.63, 3.8) is 0 Å². The smallest absolute Gasteiger partial charge is 0.224 e. The van der Waals surface area contributed by atoms with Gasteiger partial charge in [-0.1, -0.05) is 30.9 Å². The van der Waals surface area contributed by atoms with Gasteiger partial charge >= 0.3 is 0 Å². The third-order valence-electron chi connectivity index (χ3n) is 4.39. The van der Waals surface area contributed by atoms with Crippen LogP contribution in [-0.4, -0.2) is 16.9 Å². The fraction of sp³-hybridized carbons (Fsp3) is 0.471. The number of carbonyl (C=O) groups excluding carboxylic acids is 1. The number of aryl methyl sites for hydroxylation is 1. The van der Waals surface area contributed by atoms with Crippen molar-refractivity contribution in [2.75, 3.05) is 0 Å². The molecule has 0 atom stereocenters. The number of carbonyl (C=O) groups is 1. The summed E-state index contributed by atoms with van der Waals surface area (Å²) in [5.41, 5.74) is 3.14. The van der Waals surface area contributed by atoms with Crippen LogP contribution in [0, 0.1) is 6.92 Å². The van der Waals surface area contributed by atoms with E-state index in [0.717, 1.165) is 35.0 Å². The Morgan fingerprint density at radius 1 is 1.33 bits per heavy atom. The molecule has 0 radical (unpaired) electrons. The summed E-state index contributed by atoms with van der Waals surface area (Å²) in [5, 5.41) is 4.94. The topological polar surface area (TPSA) is 44.9 Å². The van der Waals surface area contributed by atoms with Gasteiger partial charge in [-0.15, -0.1) is 0 Å². The second-order valence-electron chi connectivity index (χ2n) is 6.00. The highest BCUT2D eigenvalue weighted by Gasteiger charge is 2.18. The lowest BCUT2D eigenvalue weighted by molar-refractivity contribution is -0.121. The standard InChI is InChI=1S/C17H21ClN2O/c1-11-14(15-9-12(18)7-8-16(15)19-11)10-17(21)20-13-5-3-2-4-6-13/h7-9,13,19H,2-6,10H2,1H3,(H,20,21). The molecule has 0 spiro atoms. The Kier molecular flexibility index (Phi) is 4.20. The molecule has 1 saturated carbocycles. The zero-order chi connectivity index (χ0) is 14.8. The second kappa shape index (κ2) is 6.10. The van der Waals surface area contributed by atoms with E-state index < -0.39 is 0 Å². The van der Waals surface area contributed by atoms with Crippen LogP contribution in [0.1, 0.15) is 43.4 Å². The summed E-state index contributed by atoms with van der Waals surface area (Å²) in [7, 11) is 0. The van der Waals surface area contributed by atoms with Gasteiger partial charge in [0.15, 0.2) is 0 Å². The molecule has 0 unspecified atom stereocenters. The molecule has 3 rings (SSSR count). The average Bonchev–Trinajstić information content (AvgIpc) is 2.76. The van der Waals surface area contributed by atoms with Crippen LogP contribution in [0.5, 0.6) is 0 Å². The third-order valence-corrected chi connectivity index (χ3v) is 4.62. The van der Waals surface area contributed by atoms with Gasteiger partial charge < -0.3 is 10.3 Å². The van der Waals surface area contributed by atoms with E-state index in [2.05, 4.69) is 10.3 Å². The molecule has 2 N–H and O–H groups in total. The maximum Gasteiger partial charge on any atom is 0.224 e. The van der Waals surface area contributed by atoms with Gasteiger partial charge in [-0.25, -0.2) is 0 Å². The minimum Gasteiger partial charge on any atom is -0.358 e. The molecule has 0 bridgehead atoms. The number of fused-ring (bicyclic) bond motifs is 1. The molecule has 1 aliphatic rings. The summed E-state index contributed by atoms with van der Waals surface area (Å²) in [6.07, 6.45) is 6.41. The van der Waals surface area contributed by atoms with E-state index in [0.29, 0.717) is 17.5 Å². The molecule has 1 aliphatic carbocycles. The molecule has 1 aromatic carbocycles. The van der Waals surface area contributed by atoms with Crippen LogP contribution in [0.4, 0.5) is 0 Å². The fourth-order valence-electron chi connectivity index (χ4n) is 3.27. The average molecular weight is 305 g/mol. The van der Waals surface area contributed by atoms with Crippen molar-refractivity contribution >= 4 is 28.4 Å². The maximum atomic E-state index is 12.3. The van der Waals surface area contributed by atoms with E-state index in [1.54, 1.807) is 0 Å². The number of hydrogen-bond donors (Lipinski definition) is 2. The molecule has 0 aliphatic heterocycles. The summed E-state index contributed by atoms with van der Waals surface area (Å²) in [6, 6.07) is 6.13. The van der Waals surface area contributed by atoms with Gasteiger partial charge in [-0.3, -0.25) is 4.79 Å². The Balaban J connectivity index is 1.76. The summed E-state index contributed by atoms with van der Waals surface area (Å²) in [6.45, 7) is 2.01. The highest BCUT2D eigenvalue weighted by Crippen LogP contribution is 2.26. The molecular weight excluding hydrogens is 284 g/mol. The predicted molar refractivity (Wildman–Crippen MR) is 86.8 cm³/mol. The number of hydrogen-bond acceptors (Lipinski definition) is 1. The zero-order valence-electron chi connectivity index (χ0n) is 12.3. The van der Waals surface area contributed by atoms with Crippen LogP contribution >= 0.6 is 11.6 Å². The number of amides is 1. The Labute approximate surface area is 130 Å². The number of rotatable bonds is 3. The lowest BCUT2D eigenvalue weighted by Crippen LogP contribution is -2.37. The van der Waals surface area contributed by atoms with Gasteiger partial charge in [0.2, 0.25) is 5.91 Å². The van der Waals surface area contributed by atoms with E-state index >= 15 is 0 Å². The number of halogens is 1. The van der Waals surface area contributed by atoms with Gasteiger partial charge in [0.1, 0.15) is 0 Å². The lowest BCUT2D eigenvalue weighted by Gasteiger charge is -2.22. The van der Waals surface area contributed by atoms with Crippen LogP contribution in [0.3, 0.4) is 0 Å². The van der Waals surface area contributed by atoms with Crippen molar-refractivity contribution < 1.29 is 4.79 Å². The molecular formula is C17H21ClN2O. The van der Waals surface area contributed by atoms with Gasteiger partial charge in [0.05, 0.1) is 6.42 Å². The molecule has 1 heterocycles. The zero-order valence-corrected chi connectivity index (χ0v) is 13.1. The summed E-state index contributed by atoms with van der Waals surface area (Å²) in [5.74, 6) is 0.117. The molecule has 21 heavy (non-hydrogen) atoms. The van der Waals surface area contributed by atoms with Gasteiger partial charge in [0, 0.05) is 27.7 Å². The molecule has 1 aromatic heterocycles. The number of benzene rings is 1. The number of aromatic nitrogens is 1. The van der Waals surface area contributed by atoms with Crippen LogP contribution in [0.15, 0.2) is 18.2 Å². The second-order valence-corrected chi connectivity index (χ2v) is 6.43. The Hall–Kier alpha value is -1.48. The molecule has 1 fully saturated rings. The quantitative estimate of drug-likeness (QED) is 0.880. The first-order valence-corrected chi connectivity index (χ1v) is 8.07. The van der Waals surface area contributed by atoms with Gasteiger partial charge in [-0.2, -0.15) is 0 Å². The number of H-pyrrole nitrogens is 1. The Bertz CT molecular complexity index is 656. The lowest BCUT2D eigenvalue weighted by atomic mass is 9.95. The maximum absolute atomic E-state index is 12.3. The van der Waals surface area contributed by atoms with Gasteiger partial charge in [0.25, 0.3) is 0 Å². The molecule has 112 valence electrons. The molecule has 3 nitrogen and oxygen atoms in total. The van der Waals surface area contributed by atoms with Crippen molar-refractivity contribution in [3.05, 3.63) is 34.5 Å². The summed E-state index contributed by atoms with van der Waals surface area (Å²) >= 11 is 6.08. The van der Waals surface area contributed by atoms with E-state index in [-0.39, 0.29) is 5.91 Å². The van der Waals surface area contributed by atoms with E-state index in [4.69, 9.17) is 11.6 Å². The predicted octanol–water partition coefficient (Wildman–Crippen LogP) is 4.12. The van der Waals surface area contributed by atoms with Crippen LogP contribution < -0.4 is 5.32 Å². The Morgan fingerprint density at radius 3 is 2.86 bits per heavy atom. The largest absolute Gasteiger partial charge is 0.358 e. The first-order valence-electron chi connectivity index (χ1n) is 7.69. The monoisotopic (exact) mass is 304 g/mol. The van der Waals surface area contributed by atoms with Crippen LogP contribution in [-0.2, 0) is 11.2 Å². The third kappa shape index (κ3) is 3.24.